The number of alkyl carbamates (subject to hydrolysis) is 1. The van der Waals surface area contributed by atoms with Crippen molar-refractivity contribution in [3.63, 3.8) is 0 Å². The molecule has 0 saturated carbocycles. The summed E-state index contributed by atoms with van der Waals surface area (Å²) in [7, 11) is 1.32. The highest BCUT2D eigenvalue weighted by Gasteiger charge is 2.26. The number of aliphatic carboxylic acids is 1. The molecule has 1 atom stereocenters. The molecule has 2 N–H and O–H groups in total. The van der Waals surface area contributed by atoms with E-state index < -0.39 is 40.9 Å². The summed E-state index contributed by atoms with van der Waals surface area (Å²) in [4.78, 5) is 36.7. The lowest BCUT2D eigenvalue weighted by Crippen LogP contribution is -2.46. The zero-order chi connectivity index (χ0) is 19.6. The van der Waals surface area contributed by atoms with Crippen LogP contribution in [0.5, 0.6) is 0 Å². The lowest BCUT2D eigenvalue weighted by atomic mass is 10.2. The van der Waals surface area contributed by atoms with Gasteiger partial charge in [0.1, 0.15) is 18.4 Å². The normalized spacial score (nSPS) is 13.2. The molecule has 0 aliphatic rings. The average Bonchev–Trinajstić information content (AvgIpc) is 2.45. The smallest absolute Gasteiger partial charge is 0.408 e. The minimum absolute atomic E-state index is 0.365. The van der Waals surface area contributed by atoms with Gasteiger partial charge in [0.25, 0.3) is 5.76 Å². The minimum atomic E-state index is -1.49. The first-order valence-corrected chi connectivity index (χ1v) is 7.10. The highest BCUT2D eigenvalue weighted by Crippen LogP contribution is 2.09. The summed E-state index contributed by atoms with van der Waals surface area (Å²) in [5.74, 6) is 3.03. The van der Waals surface area contributed by atoms with Crippen molar-refractivity contribution >= 4 is 18.3 Å². The summed E-state index contributed by atoms with van der Waals surface area (Å²) < 4.78 is 10.1. The number of carbonyl (C=O) groups is 2. The number of carbonyl (C=O) groups excluding carboxylic acids is 1. The lowest BCUT2D eigenvalue weighted by molar-refractivity contribution is -0.416. The number of nitro groups is 1. The van der Waals surface area contributed by atoms with Crippen molar-refractivity contribution in [2.75, 3.05) is 13.7 Å². The Morgan fingerprint density at radius 3 is 2.44 bits per heavy atom. The van der Waals surface area contributed by atoms with Crippen LogP contribution in [0.4, 0.5) is 4.79 Å². The van der Waals surface area contributed by atoms with E-state index in [2.05, 4.69) is 22.2 Å². The Morgan fingerprint density at radius 1 is 1.44 bits per heavy atom. The molecular weight excluding hydrogens is 334 g/mol. The molecule has 0 aromatic rings. The van der Waals surface area contributed by atoms with Gasteiger partial charge in [0, 0.05) is 7.05 Å². The van der Waals surface area contributed by atoms with Crippen molar-refractivity contribution in [2.45, 2.75) is 39.3 Å². The molecular formula is C15H21N3O7. The van der Waals surface area contributed by atoms with Gasteiger partial charge in [-0.1, -0.05) is 5.92 Å². The Kier molecular flexibility index (Phi) is 8.69. The summed E-state index contributed by atoms with van der Waals surface area (Å²) in [6, 6.07) is -1.49. The van der Waals surface area contributed by atoms with Gasteiger partial charge in [0.15, 0.2) is 6.04 Å². The molecule has 0 heterocycles. The Labute approximate surface area is 145 Å². The number of nitrogens with zero attached hydrogens (tertiary/aromatic N) is 2. The van der Waals surface area contributed by atoms with Gasteiger partial charge in [-0.05, 0) is 33.6 Å². The largest absolute Gasteiger partial charge is 0.480 e. The molecule has 0 rings (SSSR count). The molecule has 0 bridgehead atoms. The summed E-state index contributed by atoms with van der Waals surface area (Å²) in [6.45, 7) is 5.68. The predicted octanol–water partition coefficient (Wildman–Crippen LogP) is 1.19. The first-order chi connectivity index (χ1) is 11.5. The van der Waals surface area contributed by atoms with Crippen molar-refractivity contribution in [2.24, 2.45) is 4.99 Å². The third-order valence-electron chi connectivity index (χ3n) is 2.30. The first kappa shape index (κ1) is 21.9. The molecule has 0 aromatic heterocycles. The van der Waals surface area contributed by atoms with E-state index in [4.69, 9.17) is 14.6 Å². The second kappa shape index (κ2) is 9.92. The van der Waals surface area contributed by atoms with Crippen LogP contribution in [-0.4, -0.2) is 53.6 Å². The predicted molar refractivity (Wildman–Crippen MR) is 88.6 cm³/mol. The van der Waals surface area contributed by atoms with E-state index >= 15 is 0 Å². The second-order valence-corrected chi connectivity index (χ2v) is 5.58. The molecule has 0 spiro atoms. The van der Waals surface area contributed by atoms with Crippen LogP contribution in [0.1, 0.15) is 27.7 Å². The highest BCUT2D eigenvalue weighted by molar-refractivity contribution is 5.80. The van der Waals surface area contributed by atoms with E-state index in [1.807, 2.05) is 0 Å². The van der Waals surface area contributed by atoms with Crippen LogP contribution in [0.25, 0.3) is 0 Å². The Morgan fingerprint density at radius 2 is 2.04 bits per heavy atom. The van der Waals surface area contributed by atoms with E-state index in [1.54, 1.807) is 20.8 Å². The number of carboxylic acids is 1. The Bertz CT molecular complexity index is 636. The van der Waals surface area contributed by atoms with Gasteiger partial charge in [0.2, 0.25) is 0 Å². The molecule has 0 radical (unpaired) electrons. The molecule has 0 saturated heterocycles. The third kappa shape index (κ3) is 8.95. The Balaban J connectivity index is 5.28. The molecule has 10 nitrogen and oxygen atoms in total. The van der Waals surface area contributed by atoms with Gasteiger partial charge in [0.05, 0.1) is 4.92 Å². The topological polar surface area (TPSA) is 140 Å². The average molecular weight is 355 g/mol. The maximum atomic E-state index is 11.7. The van der Waals surface area contributed by atoms with Crippen molar-refractivity contribution in [1.29, 1.82) is 0 Å². The standard InChI is InChI=1S/C15H21N3O7/c1-6-7-12(11(8-16-5)18(22)23)24-9-10(13(19)20)17-14(21)25-15(2,3)4/h8,10H,9H2,1-5H3,(H,17,21)(H,19,20)/b12-11-,16-8-/t10-/m0/s1. The number of amides is 1. The van der Waals surface area contributed by atoms with Gasteiger partial charge in [-0.3, -0.25) is 15.1 Å². The van der Waals surface area contributed by atoms with Crippen LogP contribution >= 0.6 is 0 Å². The van der Waals surface area contributed by atoms with Gasteiger partial charge in [-0.25, -0.2) is 9.59 Å². The third-order valence-corrected chi connectivity index (χ3v) is 2.30. The van der Waals surface area contributed by atoms with E-state index in [1.165, 1.54) is 14.0 Å². The van der Waals surface area contributed by atoms with Crippen molar-refractivity contribution < 1.29 is 29.1 Å². The zero-order valence-electron chi connectivity index (χ0n) is 14.7. The van der Waals surface area contributed by atoms with E-state index in [9.17, 15) is 19.7 Å². The van der Waals surface area contributed by atoms with Crippen LogP contribution in [0, 0.1) is 22.0 Å². The molecule has 0 aromatic carbocycles. The maximum absolute atomic E-state index is 11.7. The minimum Gasteiger partial charge on any atom is -0.480 e. The van der Waals surface area contributed by atoms with Crippen molar-refractivity contribution in [1.82, 2.24) is 5.32 Å². The van der Waals surface area contributed by atoms with Gasteiger partial charge < -0.3 is 19.9 Å². The first-order valence-electron chi connectivity index (χ1n) is 7.10. The number of nitrogens with one attached hydrogen (secondary N) is 1. The van der Waals surface area contributed by atoms with Crippen LogP contribution < -0.4 is 5.32 Å². The number of hydrogen-bond donors (Lipinski definition) is 2. The van der Waals surface area contributed by atoms with Crippen molar-refractivity contribution in [3.05, 3.63) is 21.6 Å². The molecule has 0 fully saturated rings. The number of ether oxygens (including phenoxy) is 2. The molecule has 138 valence electrons. The molecule has 0 aliphatic heterocycles. The SMILES string of the molecule is CC#C/C(OC[C@H](NC(=O)OC(C)(C)C)C(=O)O)=C(\C=N/C)[N+](=O)[O-]. The van der Waals surface area contributed by atoms with Gasteiger partial charge in [-0.2, -0.15) is 0 Å². The quantitative estimate of drug-likeness (QED) is 0.230. The lowest BCUT2D eigenvalue weighted by Gasteiger charge is -2.22. The molecule has 1 amide bonds. The number of aliphatic imine (C=N–C) groups is 1. The molecule has 0 unspecified atom stereocenters. The van der Waals surface area contributed by atoms with Crippen LogP contribution in [0.2, 0.25) is 0 Å². The van der Waals surface area contributed by atoms with Gasteiger partial charge >= 0.3 is 17.8 Å². The fourth-order valence-electron chi connectivity index (χ4n) is 1.39. The fraction of sp³-hybridized carbons (Fsp3) is 0.533. The van der Waals surface area contributed by atoms with E-state index in [0.29, 0.717) is 0 Å². The van der Waals surface area contributed by atoms with E-state index in [0.717, 1.165) is 6.21 Å². The number of carboxylic acid groups (broad SMARTS) is 1. The van der Waals surface area contributed by atoms with Gasteiger partial charge in [-0.15, -0.1) is 0 Å². The highest BCUT2D eigenvalue weighted by atomic mass is 16.6. The van der Waals surface area contributed by atoms with Crippen molar-refractivity contribution in [3.8, 4) is 11.8 Å². The molecule has 10 heteroatoms. The number of rotatable bonds is 7. The monoisotopic (exact) mass is 355 g/mol. The summed E-state index contributed by atoms with van der Waals surface area (Å²) in [5.41, 5.74) is -1.35. The van der Waals surface area contributed by atoms with E-state index in [-0.39, 0.29) is 5.76 Å². The number of hydrogen-bond acceptors (Lipinski definition) is 7. The van der Waals surface area contributed by atoms with Crippen LogP contribution in [-0.2, 0) is 14.3 Å². The van der Waals surface area contributed by atoms with Crippen LogP contribution in [0.3, 0.4) is 0 Å². The summed E-state index contributed by atoms with van der Waals surface area (Å²) in [5, 5.41) is 22.3. The summed E-state index contributed by atoms with van der Waals surface area (Å²) in [6.07, 6.45) is -0.0308. The summed E-state index contributed by atoms with van der Waals surface area (Å²) >= 11 is 0. The molecule has 25 heavy (non-hydrogen) atoms. The second-order valence-electron chi connectivity index (χ2n) is 5.58. The number of allylic oxidation sites excluding steroid dienone is 2. The van der Waals surface area contributed by atoms with Crippen LogP contribution in [0.15, 0.2) is 16.4 Å². The zero-order valence-corrected chi connectivity index (χ0v) is 14.7. The molecule has 0 aliphatic carbocycles. The fourth-order valence-corrected chi connectivity index (χ4v) is 1.39. The maximum Gasteiger partial charge on any atom is 0.408 e. The Hall–Kier alpha value is -3.09.